The lowest BCUT2D eigenvalue weighted by Crippen LogP contribution is -2.35. The lowest BCUT2D eigenvalue weighted by atomic mass is 10.1. The smallest absolute Gasteiger partial charge is 0.370 e. The Kier molecular flexibility index (Phi) is 5.76. The molecule has 0 saturated heterocycles. The first-order valence-corrected chi connectivity index (χ1v) is 5.02. The van der Waals surface area contributed by atoms with Crippen LogP contribution in [0.2, 0.25) is 0 Å². The molecule has 1 fully saturated rings. The molecule has 3 nitrogen and oxygen atoms in total. The van der Waals surface area contributed by atoms with E-state index in [4.69, 9.17) is 5.73 Å². The van der Waals surface area contributed by atoms with Gasteiger partial charge in [-0.3, -0.25) is 4.99 Å². The van der Waals surface area contributed by atoms with E-state index in [9.17, 15) is 13.2 Å². The van der Waals surface area contributed by atoms with Crippen molar-refractivity contribution in [2.45, 2.75) is 25.9 Å². The van der Waals surface area contributed by atoms with Crippen molar-refractivity contribution >= 4 is 29.9 Å². The molecule has 1 aliphatic carbocycles. The molecule has 0 aliphatic heterocycles. The fraction of sp³-hybridized carbons (Fsp3) is 0.700. The molecule has 0 unspecified atom stereocenters. The Labute approximate surface area is 116 Å². The maximum atomic E-state index is 12.5. The van der Waals surface area contributed by atoms with Crippen LogP contribution in [0.5, 0.6) is 0 Å². The Bertz CT molecular complexity index is 308. The van der Waals surface area contributed by atoms with Gasteiger partial charge in [-0.05, 0) is 19.8 Å². The minimum atomic E-state index is -4.18. The van der Waals surface area contributed by atoms with E-state index in [1.54, 1.807) is 6.92 Å². The van der Waals surface area contributed by atoms with Gasteiger partial charge in [0.15, 0.2) is 5.96 Å². The van der Waals surface area contributed by atoms with Crippen molar-refractivity contribution in [3.05, 3.63) is 12.2 Å². The lowest BCUT2D eigenvalue weighted by molar-refractivity contribution is -0.183. The van der Waals surface area contributed by atoms with Crippen LogP contribution < -0.4 is 11.1 Å². The number of hydrogen-bond acceptors (Lipinski definition) is 1. The van der Waals surface area contributed by atoms with Crippen molar-refractivity contribution in [2.24, 2.45) is 16.1 Å². The third-order valence-corrected chi connectivity index (χ3v) is 2.58. The van der Waals surface area contributed by atoms with Crippen molar-refractivity contribution in [3.8, 4) is 0 Å². The summed E-state index contributed by atoms with van der Waals surface area (Å²) in [6.45, 7) is 5.56. The summed E-state index contributed by atoms with van der Waals surface area (Å²) in [5.74, 6) is 0.0403. The molecule has 17 heavy (non-hydrogen) atoms. The molecule has 1 aliphatic rings. The molecule has 0 atom stereocenters. The zero-order chi connectivity index (χ0) is 12.4. The third-order valence-electron chi connectivity index (χ3n) is 2.58. The normalized spacial score (nSPS) is 18.2. The zero-order valence-corrected chi connectivity index (χ0v) is 11.9. The molecule has 0 bridgehead atoms. The molecular formula is C10H17F3IN3. The third kappa shape index (κ3) is 4.72. The molecule has 0 aromatic rings. The Morgan fingerprint density at radius 1 is 1.47 bits per heavy atom. The van der Waals surface area contributed by atoms with Gasteiger partial charge in [0.2, 0.25) is 0 Å². The van der Waals surface area contributed by atoms with Gasteiger partial charge >= 0.3 is 6.18 Å². The highest BCUT2D eigenvalue weighted by Gasteiger charge is 2.63. The lowest BCUT2D eigenvalue weighted by Gasteiger charge is -2.17. The molecule has 3 N–H and O–H groups in total. The van der Waals surface area contributed by atoms with E-state index in [0.29, 0.717) is 6.54 Å². The molecule has 0 aromatic heterocycles. The number of hydrogen-bond donors (Lipinski definition) is 2. The Hall–Kier alpha value is -0.470. The Morgan fingerprint density at radius 3 is 2.35 bits per heavy atom. The average Bonchev–Trinajstić information content (AvgIpc) is 2.91. The maximum Gasteiger partial charge on any atom is 0.396 e. The summed E-state index contributed by atoms with van der Waals surface area (Å²) in [6.07, 6.45) is -3.88. The van der Waals surface area contributed by atoms with Crippen molar-refractivity contribution in [3.63, 3.8) is 0 Å². The van der Waals surface area contributed by atoms with E-state index < -0.39 is 11.6 Å². The molecule has 0 radical (unpaired) electrons. The SMILES string of the molecule is C=C(C)CNC(N)=NCC1(C(F)(F)F)CC1.I. The van der Waals surface area contributed by atoms with Crippen molar-refractivity contribution in [2.75, 3.05) is 13.1 Å². The topological polar surface area (TPSA) is 50.4 Å². The van der Waals surface area contributed by atoms with Crippen LogP contribution in [0.1, 0.15) is 19.8 Å². The van der Waals surface area contributed by atoms with Gasteiger partial charge in [-0.2, -0.15) is 13.2 Å². The number of guanidine groups is 1. The average molecular weight is 363 g/mol. The summed E-state index contributed by atoms with van der Waals surface area (Å²) in [5, 5.41) is 2.69. The first-order valence-electron chi connectivity index (χ1n) is 5.02. The molecule has 1 saturated carbocycles. The van der Waals surface area contributed by atoms with Crippen molar-refractivity contribution in [1.29, 1.82) is 0 Å². The van der Waals surface area contributed by atoms with E-state index in [0.717, 1.165) is 5.57 Å². The van der Waals surface area contributed by atoms with Gasteiger partial charge in [-0.15, -0.1) is 24.0 Å². The molecule has 7 heteroatoms. The second kappa shape index (κ2) is 5.92. The number of nitrogens with zero attached hydrogens (tertiary/aromatic N) is 1. The minimum Gasteiger partial charge on any atom is -0.370 e. The fourth-order valence-corrected chi connectivity index (χ4v) is 1.22. The van der Waals surface area contributed by atoms with Gasteiger partial charge in [0.25, 0.3) is 0 Å². The zero-order valence-electron chi connectivity index (χ0n) is 9.60. The highest BCUT2D eigenvalue weighted by atomic mass is 127. The molecule has 0 amide bonds. The van der Waals surface area contributed by atoms with Gasteiger partial charge in [0.05, 0.1) is 12.0 Å². The molecular weight excluding hydrogens is 346 g/mol. The number of nitrogens with two attached hydrogens (primary N) is 1. The van der Waals surface area contributed by atoms with Crippen LogP contribution in [0.3, 0.4) is 0 Å². The van der Waals surface area contributed by atoms with E-state index in [-0.39, 0.29) is 49.3 Å². The molecule has 0 spiro atoms. The largest absolute Gasteiger partial charge is 0.396 e. The maximum absolute atomic E-state index is 12.5. The van der Waals surface area contributed by atoms with Crippen molar-refractivity contribution in [1.82, 2.24) is 5.32 Å². The molecule has 1 rings (SSSR count). The highest BCUT2D eigenvalue weighted by Crippen LogP contribution is 2.57. The van der Waals surface area contributed by atoms with E-state index in [1.807, 2.05) is 0 Å². The van der Waals surface area contributed by atoms with E-state index >= 15 is 0 Å². The van der Waals surface area contributed by atoms with Crippen molar-refractivity contribution < 1.29 is 13.2 Å². The summed E-state index contributed by atoms with van der Waals surface area (Å²) in [5.41, 5.74) is 4.65. The Balaban J connectivity index is 0.00000256. The van der Waals surface area contributed by atoms with Crippen LogP contribution in [0.15, 0.2) is 17.1 Å². The van der Waals surface area contributed by atoms with Crippen LogP contribution in [0.4, 0.5) is 13.2 Å². The number of alkyl halides is 3. The van der Waals surface area contributed by atoms with Gasteiger partial charge < -0.3 is 11.1 Å². The van der Waals surface area contributed by atoms with Gasteiger partial charge in [0, 0.05) is 6.54 Å². The molecule has 0 aromatic carbocycles. The minimum absolute atomic E-state index is 0. The highest BCUT2D eigenvalue weighted by molar-refractivity contribution is 14.0. The molecule has 0 heterocycles. The predicted molar refractivity (Wildman–Crippen MR) is 72.4 cm³/mol. The van der Waals surface area contributed by atoms with Crippen LogP contribution in [0.25, 0.3) is 0 Å². The number of halogens is 4. The van der Waals surface area contributed by atoms with Crippen LogP contribution >= 0.6 is 24.0 Å². The first kappa shape index (κ1) is 16.5. The second-order valence-electron chi connectivity index (χ2n) is 4.29. The Morgan fingerprint density at radius 2 is 2.00 bits per heavy atom. The summed E-state index contributed by atoms with van der Waals surface area (Å²) in [7, 11) is 0. The van der Waals surface area contributed by atoms with Gasteiger partial charge in [-0.25, -0.2) is 0 Å². The summed E-state index contributed by atoms with van der Waals surface area (Å²) < 4.78 is 37.5. The summed E-state index contributed by atoms with van der Waals surface area (Å²) in [4.78, 5) is 3.72. The predicted octanol–water partition coefficient (Wildman–Crippen LogP) is 2.43. The summed E-state index contributed by atoms with van der Waals surface area (Å²) >= 11 is 0. The fourth-order valence-electron chi connectivity index (χ4n) is 1.22. The van der Waals surface area contributed by atoms with Crippen LogP contribution in [0, 0.1) is 5.41 Å². The van der Waals surface area contributed by atoms with Crippen LogP contribution in [-0.4, -0.2) is 25.2 Å². The monoisotopic (exact) mass is 363 g/mol. The standard InChI is InChI=1S/C10H16F3N3.HI/c1-7(2)5-15-8(14)16-6-9(3-4-9)10(11,12)13;/h1,3-6H2,2H3,(H3,14,15,16);1H. The second-order valence-corrected chi connectivity index (χ2v) is 4.29. The van der Waals surface area contributed by atoms with E-state index in [1.165, 1.54) is 0 Å². The van der Waals surface area contributed by atoms with Gasteiger partial charge in [-0.1, -0.05) is 12.2 Å². The number of rotatable bonds is 4. The quantitative estimate of drug-likeness (QED) is 0.349. The van der Waals surface area contributed by atoms with Crippen LogP contribution in [-0.2, 0) is 0 Å². The van der Waals surface area contributed by atoms with E-state index in [2.05, 4.69) is 16.9 Å². The summed E-state index contributed by atoms with van der Waals surface area (Å²) in [6, 6.07) is 0. The first-order chi connectivity index (χ1) is 7.27. The number of nitrogens with one attached hydrogen (secondary N) is 1. The number of aliphatic imine (C=N–C) groups is 1. The molecule has 100 valence electrons. The van der Waals surface area contributed by atoms with Gasteiger partial charge in [0.1, 0.15) is 0 Å².